The molecular formula is C12H9N3O5. The number of hydrogen-bond acceptors (Lipinski definition) is 7. The van der Waals surface area contributed by atoms with Crippen molar-refractivity contribution in [2.24, 2.45) is 0 Å². The molecule has 0 aromatic carbocycles. The fourth-order valence-corrected chi connectivity index (χ4v) is 1.82. The molecule has 20 heavy (non-hydrogen) atoms. The Kier molecular flexibility index (Phi) is 2.63. The maximum absolute atomic E-state index is 10.6. The van der Waals surface area contributed by atoms with Crippen molar-refractivity contribution in [3.63, 3.8) is 0 Å². The third-order valence-corrected chi connectivity index (χ3v) is 2.68. The summed E-state index contributed by atoms with van der Waals surface area (Å²) >= 11 is 0. The highest BCUT2D eigenvalue weighted by molar-refractivity contribution is 5.58. The summed E-state index contributed by atoms with van der Waals surface area (Å²) in [6, 6.07) is 4.41. The zero-order chi connectivity index (χ0) is 14.3. The van der Waals surface area contributed by atoms with Crippen molar-refractivity contribution in [2.75, 3.05) is 0 Å². The molecule has 102 valence electrons. The van der Waals surface area contributed by atoms with Crippen molar-refractivity contribution in [2.45, 2.75) is 13.8 Å². The summed E-state index contributed by atoms with van der Waals surface area (Å²) in [5.41, 5.74) is 0.683. The lowest BCUT2D eigenvalue weighted by Crippen LogP contribution is -1.82. The minimum absolute atomic E-state index is 0.0753. The highest BCUT2D eigenvalue weighted by Crippen LogP contribution is 2.30. The van der Waals surface area contributed by atoms with Crippen LogP contribution in [0.15, 0.2) is 31.5 Å². The first kappa shape index (κ1) is 12.2. The first-order valence-electron chi connectivity index (χ1n) is 5.70. The topological polar surface area (TPSA) is 108 Å². The molecule has 0 fully saturated rings. The van der Waals surface area contributed by atoms with E-state index in [4.69, 9.17) is 13.3 Å². The van der Waals surface area contributed by atoms with Crippen LogP contribution in [0, 0.1) is 24.0 Å². The van der Waals surface area contributed by atoms with Crippen molar-refractivity contribution >= 4 is 5.88 Å². The van der Waals surface area contributed by atoms with Crippen molar-refractivity contribution in [1.29, 1.82) is 0 Å². The van der Waals surface area contributed by atoms with Gasteiger partial charge in [-0.05, 0) is 26.0 Å². The van der Waals surface area contributed by atoms with Crippen molar-refractivity contribution < 1.29 is 18.2 Å². The number of aryl methyl sites for hydroxylation is 2. The highest BCUT2D eigenvalue weighted by atomic mass is 16.6. The van der Waals surface area contributed by atoms with Crippen molar-refractivity contribution in [3.05, 3.63) is 39.8 Å². The minimum Gasteiger partial charge on any atom is -0.466 e. The third kappa shape index (κ3) is 1.96. The largest absolute Gasteiger partial charge is 0.466 e. The molecule has 0 spiro atoms. The first-order valence-corrected chi connectivity index (χ1v) is 5.70. The zero-order valence-corrected chi connectivity index (χ0v) is 10.6. The lowest BCUT2D eigenvalue weighted by Gasteiger charge is -1.89. The second-order valence-electron chi connectivity index (χ2n) is 4.13. The summed E-state index contributed by atoms with van der Waals surface area (Å²) in [5.74, 6) is 1.50. The lowest BCUT2D eigenvalue weighted by molar-refractivity contribution is -0.401. The van der Waals surface area contributed by atoms with Crippen LogP contribution in [0.25, 0.3) is 23.1 Å². The molecule has 3 heterocycles. The van der Waals surface area contributed by atoms with E-state index in [2.05, 4.69) is 10.2 Å². The second-order valence-corrected chi connectivity index (χ2v) is 4.13. The van der Waals surface area contributed by atoms with Gasteiger partial charge in [-0.3, -0.25) is 10.1 Å². The zero-order valence-electron chi connectivity index (χ0n) is 10.6. The van der Waals surface area contributed by atoms with E-state index in [0.29, 0.717) is 11.3 Å². The van der Waals surface area contributed by atoms with Crippen molar-refractivity contribution in [1.82, 2.24) is 10.2 Å². The van der Waals surface area contributed by atoms with Crippen LogP contribution in [0.1, 0.15) is 11.5 Å². The van der Waals surface area contributed by atoms with E-state index >= 15 is 0 Å². The highest BCUT2D eigenvalue weighted by Gasteiger charge is 2.20. The molecule has 8 heteroatoms. The Bertz CT molecular complexity index is 783. The molecule has 0 atom stereocenters. The summed E-state index contributed by atoms with van der Waals surface area (Å²) in [6.07, 6.45) is 0. The molecule has 0 bridgehead atoms. The van der Waals surface area contributed by atoms with Gasteiger partial charge in [-0.1, -0.05) is 0 Å². The molecule has 3 aromatic heterocycles. The average Bonchev–Trinajstić information content (AvgIpc) is 3.07. The third-order valence-electron chi connectivity index (χ3n) is 2.68. The number of furan rings is 2. The van der Waals surface area contributed by atoms with Gasteiger partial charge in [0.15, 0.2) is 5.76 Å². The average molecular weight is 275 g/mol. The Morgan fingerprint density at radius 1 is 1.10 bits per heavy atom. The molecule has 0 saturated heterocycles. The van der Waals surface area contributed by atoms with Crippen LogP contribution < -0.4 is 0 Å². The predicted octanol–water partition coefficient (Wildman–Crippen LogP) is 3.11. The van der Waals surface area contributed by atoms with Crippen LogP contribution in [0.2, 0.25) is 0 Å². The standard InChI is InChI=1S/C12H9N3O5/c1-6-5-8(7(2)18-6)11-13-14-12(20-11)9-3-4-10(19-9)15(16)17/h3-5H,1-2H3. The van der Waals surface area contributed by atoms with E-state index in [9.17, 15) is 10.1 Å². The molecular weight excluding hydrogens is 266 g/mol. The van der Waals surface area contributed by atoms with Crippen LogP contribution in [0.4, 0.5) is 5.88 Å². The normalized spacial score (nSPS) is 10.9. The first-order chi connectivity index (χ1) is 9.54. The number of nitrogens with zero attached hydrogens (tertiary/aromatic N) is 3. The molecule has 3 rings (SSSR count). The SMILES string of the molecule is Cc1cc(-c2nnc(-c3ccc([N+](=O)[O-])o3)o2)c(C)o1. The summed E-state index contributed by atoms with van der Waals surface area (Å²) < 4.78 is 15.8. The monoisotopic (exact) mass is 275 g/mol. The second kappa shape index (κ2) is 4.34. The molecule has 0 aliphatic rings. The molecule has 0 radical (unpaired) electrons. The van der Waals surface area contributed by atoms with Gasteiger partial charge >= 0.3 is 5.88 Å². The smallest absolute Gasteiger partial charge is 0.433 e. The van der Waals surface area contributed by atoms with Crippen LogP contribution >= 0.6 is 0 Å². The van der Waals surface area contributed by atoms with E-state index < -0.39 is 4.92 Å². The Morgan fingerprint density at radius 2 is 1.85 bits per heavy atom. The fraction of sp³-hybridized carbons (Fsp3) is 0.167. The van der Waals surface area contributed by atoms with E-state index in [1.54, 1.807) is 13.0 Å². The minimum atomic E-state index is -0.635. The van der Waals surface area contributed by atoms with Gasteiger partial charge in [0.1, 0.15) is 16.4 Å². The Balaban J connectivity index is 1.97. The van der Waals surface area contributed by atoms with Crippen LogP contribution in [0.3, 0.4) is 0 Å². The molecule has 0 aliphatic heterocycles. The summed E-state index contributed by atoms with van der Waals surface area (Å²) in [4.78, 5) is 9.92. The van der Waals surface area contributed by atoms with Gasteiger partial charge in [0, 0.05) is 0 Å². The molecule has 8 nitrogen and oxygen atoms in total. The van der Waals surface area contributed by atoms with Crippen LogP contribution in [-0.2, 0) is 0 Å². The van der Waals surface area contributed by atoms with Gasteiger partial charge in [0.2, 0.25) is 0 Å². The van der Waals surface area contributed by atoms with Gasteiger partial charge in [-0.25, -0.2) is 0 Å². The number of aromatic nitrogens is 2. The number of hydrogen-bond donors (Lipinski definition) is 0. The predicted molar refractivity (Wildman–Crippen MR) is 65.8 cm³/mol. The van der Waals surface area contributed by atoms with E-state index in [1.165, 1.54) is 12.1 Å². The van der Waals surface area contributed by atoms with Gasteiger partial charge in [0.05, 0.1) is 11.6 Å². The quantitative estimate of drug-likeness (QED) is 0.533. The maximum atomic E-state index is 10.6. The molecule has 0 unspecified atom stereocenters. The summed E-state index contributed by atoms with van der Waals surface area (Å²) in [5, 5.41) is 18.2. The van der Waals surface area contributed by atoms with E-state index in [0.717, 1.165) is 5.76 Å². The Labute approximate surface area is 112 Å². The molecule has 0 amide bonds. The van der Waals surface area contributed by atoms with Crippen LogP contribution in [0.5, 0.6) is 0 Å². The maximum Gasteiger partial charge on any atom is 0.433 e. The van der Waals surface area contributed by atoms with Gasteiger partial charge < -0.3 is 13.3 Å². The Morgan fingerprint density at radius 3 is 2.45 bits per heavy atom. The van der Waals surface area contributed by atoms with E-state index in [-0.39, 0.29) is 23.4 Å². The van der Waals surface area contributed by atoms with Crippen LogP contribution in [-0.4, -0.2) is 15.1 Å². The molecule has 3 aromatic rings. The molecule has 0 N–H and O–H groups in total. The van der Waals surface area contributed by atoms with Crippen molar-refractivity contribution in [3.8, 4) is 23.1 Å². The van der Waals surface area contributed by atoms with E-state index in [1.807, 2.05) is 6.92 Å². The Hall–Kier alpha value is -2.90. The fourth-order valence-electron chi connectivity index (χ4n) is 1.82. The van der Waals surface area contributed by atoms with Gasteiger partial charge in [-0.15, -0.1) is 10.2 Å². The number of nitro groups is 1. The van der Waals surface area contributed by atoms with Gasteiger partial charge in [-0.2, -0.15) is 0 Å². The lowest BCUT2D eigenvalue weighted by atomic mass is 10.2. The molecule has 0 aliphatic carbocycles. The summed E-state index contributed by atoms with van der Waals surface area (Å²) in [7, 11) is 0. The van der Waals surface area contributed by atoms with Gasteiger partial charge in [0.25, 0.3) is 11.8 Å². The number of rotatable bonds is 3. The summed E-state index contributed by atoms with van der Waals surface area (Å²) in [6.45, 7) is 3.59. The molecule has 0 saturated carbocycles.